The van der Waals surface area contributed by atoms with Crippen molar-refractivity contribution in [1.29, 1.82) is 5.26 Å². The number of fused-ring (bicyclic) bond motifs is 1. The number of nitrogen functional groups attached to an aromatic ring is 1. The first-order chi connectivity index (χ1) is 10.5. The standard InChI is InChI=1S/C14H10N6O2/c1-20-12-10(13(21)19-14(20)22)9(7-3-2-4-17-6-7)8(5-15)11(16)18-12/h2-4,6H,1H3,(H2,16,18)(H,19,21,22). The molecule has 108 valence electrons. The molecule has 3 N–H and O–H groups in total. The fraction of sp³-hybridized carbons (Fsp3) is 0.0714. The van der Waals surface area contributed by atoms with Crippen molar-refractivity contribution in [2.45, 2.75) is 0 Å². The average molecular weight is 294 g/mol. The summed E-state index contributed by atoms with van der Waals surface area (Å²) < 4.78 is 1.17. The highest BCUT2D eigenvalue weighted by Crippen LogP contribution is 2.30. The molecule has 8 nitrogen and oxygen atoms in total. The molecule has 3 heterocycles. The Morgan fingerprint density at radius 3 is 2.82 bits per heavy atom. The zero-order chi connectivity index (χ0) is 15.9. The molecule has 3 aromatic heterocycles. The van der Waals surface area contributed by atoms with Crippen LogP contribution in [0.4, 0.5) is 5.82 Å². The Labute approximate surface area is 123 Å². The molecule has 0 aliphatic heterocycles. The van der Waals surface area contributed by atoms with Crippen LogP contribution in [0.25, 0.3) is 22.2 Å². The number of pyridine rings is 2. The van der Waals surface area contributed by atoms with Crippen LogP contribution in [0.3, 0.4) is 0 Å². The fourth-order valence-electron chi connectivity index (χ4n) is 2.30. The van der Waals surface area contributed by atoms with Crippen molar-refractivity contribution in [3.8, 4) is 17.2 Å². The zero-order valence-corrected chi connectivity index (χ0v) is 11.5. The topological polar surface area (TPSA) is 130 Å². The molecule has 3 aromatic rings. The number of rotatable bonds is 1. The summed E-state index contributed by atoms with van der Waals surface area (Å²) in [5.41, 5.74) is 5.64. The monoisotopic (exact) mass is 294 g/mol. The van der Waals surface area contributed by atoms with Crippen LogP contribution in [0, 0.1) is 11.3 Å². The Morgan fingerprint density at radius 2 is 2.18 bits per heavy atom. The summed E-state index contributed by atoms with van der Waals surface area (Å²) in [5, 5.41) is 9.49. The number of aromatic amines is 1. The van der Waals surface area contributed by atoms with Gasteiger partial charge in [0, 0.05) is 30.6 Å². The van der Waals surface area contributed by atoms with Crippen LogP contribution < -0.4 is 17.0 Å². The average Bonchev–Trinajstić information content (AvgIpc) is 2.52. The molecule has 0 atom stereocenters. The first kappa shape index (κ1) is 13.5. The fourth-order valence-corrected chi connectivity index (χ4v) is 2.30. The van der Waals surface area contributed by atoms with E-state index in [4.69, 9.17) is 5.73 Å². The van der Waals surface area contributed by atoms with Gasteiger partial charge in [0.05, 0.1) is 5.39 Å². The van der Waals surface area contributed by atoms with Crippen molar-refractivity contribution in [2.24, 2.45) is 7.05 Å². The molecule has 0 radical (unpaired) electrons. The second kappa shape index (κ2) is 4.82. The number of aromatic nitrogens is 4. The van der Waals surface area contributed by atoms with Gasteiger partial charge in [-0.15, -0.1) is 0 Å². The van der Waals surface area contributed by atoms with Gasteiger partial charge >= 0.3 is 5.69 Å². The Kier molecular flexibility index (Phi) is 2.96. The van der Waals surface area contributed by atoms with E-state index in [2.05, 4.69) is 15.0 Å². The number of nitrogens with one attached hydrogen (secondary N) is 1. The molecular weight excluding hydrogens is 284 g/mol. The van der Waals surface area contributed by atoms with E-state index in [0.29, 0.717) is 11.1 Å². The second-order valence-electron chi connectivity index (χ2n) is 4.62. The van der Waals surface area contributed by atoms with Crippen molar-refractivity contribution in [2.75, 3.05) is 5.73 Å². The van der Waals surface area contributed by atoms with E-state index in [1.165, 1.54) is 17.8 Å². The van der Waals surface area contributed by atoms with E-state index in [0.717, 1.165) is 0 Å². The predicted molar refractivity (Wildman–Crippen MR) is 80.0 cm³/mol. The first-order valence-electron chi connectivity index (χ1n) is 6.27. The Hall–Kier alpha value is -3.47. The number of nitriles is 1. The van der Waals surface area contributed by atoms with Crippen LogP contribution in [-0.2, 0) is 7.05 Å². The molecule has 8 heteroatoms. The number of hydrogen-bond acceptors (Lipinski definition) is 6. The molecule has 0 saturated carbocycles. The van der Waals surface area contributed by atoms with Crippen LogP contribution >= 0.6 is 0 Å². The van der Waals surface area contributed by atoms with Crippen molar-refractivity contribution in [3.63, 3.8) is 0 Å². The Morgan fingerprint density at radius 1 is 1.41 bits per heavy atom. The van der Waals surface area contributed by atoms with E-state index in [9.17, 15) is 14.9 Å². The highest BCUT2D eigenvalue weighted by Gasteiger charge is 2.19. The minimum absolute atomic E-state index is 0.0468. The van der Waals surface area contributed by atoms with Crippen LogP contribution in [-0.4, -0.2) is 19.5 Å². The minimum Gasteiger partial charge on any atom is -0.383 e. The Balaban J connectivity index is 2.65. The van der Waals surface area contributed by atoms with Gasteiger partial charge in [0.2, 0.25) is 0 Å². The van der Waals surface area contributed by atoms with Gasteiger partial charge in [0.25, 0.3) is 5.56 Å². The highest BCUT2D eigenvalue weighted by molar-refractivity contribution is 5.97. The third-order valence-electron chi connectivity index (χ3n) is 3.34. The lowest BCUT2D eigenvalue weighted by Crippen LogP contribution is -2.29. The summed E-state index contributed by atoms with van der Waals surface area (Å²) in [6.45, 7) is 0. The number of hydrogen-bond donors (Lipinski definition) is 2. The molecule has 0 fully saturated rings. The van der Waals surface area contributed by atoms with Crippen LogP contribution in [0.1, 0.15) is 5.56 Å². The lowest BCUT2D eigenvalue weighted by molar-refractivity contribution is 0.830. The first-order valence-corrected chi connectivity index (χ1v) is 6.27. The quantitative estimate of drug-likeness (QED) is 0.656. The van der Waals surface area contributed by atoms with E-state index in [-0.39, 0.29) is 22.4 Å². The normalized spacial score (nSPS) is 10.5. The number of anilines is 1. The third kappa shape index (κ3) is 1.84. The molecule has 0 aromatic carbocycles. The molecule has 0 aliphatic carbocycles. The second-order valence-corrected chi connectivity index (χ2v) is 4.62. The molecule has 0 aliphatic rings. The zero-order valence-electron chi connectivity index (χ0n) is 11.5. The maximum absolute atomic E-state index is 12.2. The Bertz CT molecular complexity index is 1040. The summed E-state index contributed by atoms with van der Waals surface area (Å²) in [6, 6.07) is 5.34. The molecule has 3 rings (SSSR count). The SMILES string of the molecule is Cn1c(=O)[nH]c(=O)c2c(-c3cccnc3)c(C#N)c(N)nc21. The maximum Gasteiger partial charge on any atom is 0.329 e. The van der Waals surface area contributed by atoms with Gasteiger partial charge in [-0.05, 0) is 6.07 Å². The smallest absolute Gasteiger partial charge is 0.329 e. The van der Waals surface area contributed by atoms with Gasteiger partial charge in [-0.1, -0.05) is 6.07 Å². The molecule has 0 amide bonds. The van der Waals surface area contributed by atoms with Gasteiger partial charge in [0.1, 0.15) is 17.5 Å². The number of aryl methyl sites for hydroxylation is 1. The van der Waals surface area contributed by atoms with E-state index >= 15 is 0 Å². The van der Waals surface area contributed by atoms with E-state index in [1.807, 2.05) is 6.07 Å². The van der Waals surface area contributed by atoms with Crippen LogP contribution in [0.15, 0.2) is 34.1 Å². The van der Waals surface area contributed by atoms with Gasteiger partial charge in [-0.2, -0.15) is 5.26 Å². The van der Waals surface area contributed by atoms with E-state index in [1.54, 1.807) is 18.3 Å². The summed E-state index contributed by atoms with van der Waals surface area (Å²) in [5.74, 6) is -0.0468. The molecule has 22 heavy (non-hydrogen) atoms. The predicted octanol–water partition coefficient (Wildman–Crippen LogP) is 0.138. The van der Waals surface area contributed by atoms with Crippen molar-refractivity contribution in [1.82, 2.24) is 19.5 Å². The molecule has 0 spiro atoms. The van der Waals surface area contributed by atoms with Crippen molar-refractivity contribution >= 4 is 16.9 Å². The van der Waals surface area contributed by atoms with Crippen LogP contribution in [0.5, 0.6) is 0 Å². The molecule has 0 unspecified atom stereocenters. The van der Waals surface area contributed by atoms with E-state index < -0.39 is 11.2 Å². The summed E-state index contributed by atoms with van der Waals surface area (Å²) >= 11 is 0. The third-order valence-corrected chi connectivity index (χ3v) is 3.34. The van der Waals surface area contributed by atoms with Crippen LogP contribution in [0.2, 0.25) is 0 Å². The van der Waals surface area contributed by atoms with Gasteiger partial charge < -0.3 is 5.73 Å². The lowest BCUT2D eigenvalue weighted by Gasteiger charge is -2.11. The lowest BCUT2D eigenvalue weighted by atomic mass is 9.99. The maximum atomic E-state index is 12.2. The number of H-pyrrole nitrogens is 1. The summed E-state index contributed by atoms with van der Waals surface area (Å²) in [7, 11) is 1.46. The highest BCUT2D eigenvalue weighted by atomic mass is 16.2. The summed E-state index contributed by atoms with van der Waals surface area (Å²) in [4.78, 5) is 34.2. The molecular formula is C14H10N6O2. The molecule has 0 bridgehead atoms. The number of nitrogens with two attached hydrogens (primary N) is 1. The van der Waals surface area contributed by atoms with Gasteiger partial charge in [-0.25, -0.2) is 9.78 Å². The summed E-state index contributed by atoms with van der Waals surface area (Å²) in [6.07, 6.45) is 3.09. The largest absolute Gasteiger partial charge is 0.383 e. The van der Waals surface area contributed by atoms with Gasteiger partial charge in [-0.3, -0.25) is 19.3 Å². The minimum atomic E-state index is -0.624. The van der Waals surface area contributed by atoms with Crippen molar-refractivity contribution < 1.29 is 0 Å². The van der Waals surface area contributed by atoms with Crippen molar-refractivity contribution in [3.05, 3.63) is 50.9 Å². The van der Waals surface area contributed by atoms with Gasteiger partial charge in [0.15, 0.2) is 5.65 Å². The number of nitrogens with zero attached hydrogens (tertiary/aromatic N) is 4. The molecule has 0 saturated heterocycles.